The SMILES string of the molecule is S=c1sc2c(s1)SC(=C1SC3=C(OCCO3)S1)S2. The van der Waals surface area contributed by atoms with Crippen LogP contribution in [-0.4, -0.2) is 13.2 Å². The Labute approximate surface area is 134 Å². The summed E-state index contributed by atoms with van der Waals surface area (Å²) >= 11 is 15.7. The normalized spacial score (nSPS) is 21.8. The van der Waals surface area contributed by atoms with Crippen molar-refractivity contribution in [2.75, 3.05) is 13.2 Å². The van der Waals surface area contributed by atoms with E-state index in [1.807, 2.05) is 23.5 Å². The Morgan fingerprint density at radius 2 is 1.28 bits per heavy atom. The predicted octanol–water partition coefficient (Wildman–Crippen LogP) is 5.52. The van der Waals surface area contributed by atoms with Crippen LogP contribution in [0.4, 0.5) is 0 Å². The Morgan fingerprint density at radius 1 is 0.778 bits per heavy atom. The smallest absolute Gasteiger partial charge is 0.208 e. The van der Waals surface area contributed by atoms with Crippen LogP contribution in [0.3, 0.4) is 0 Å². The fraction of sp³-hybridized carbons (Fsp3) is 0.222. The second-order valence-electron chi connectivity index (χ2n) is 3.28. The summed E-state index contributed by atoms with van der Waals surface area (Å²) < 4.78 is 17.5. The monoisotopic (exact) mass is 368 g/mol. The molecule has 0 fully saturated rings. The molecule has 4 rings (SSSR count). The summed E-state index contributed by atoms with van der Waals surface area (Å²) in [6.07, 6.45) is 0. The minimum Gasteiger partial charge on any atom is -0.480 e. The Morgan fingerprint density at radius 3 is 1.83 bits per heavy atom. The lowest BCUT2D eigenvalue weighted by molar-refractivity contribution is 0.0949. The number of ether oxygens (including phenoxy) is 2. The minimum atomic E-state index is 0.657. The first kappa shape index (κ1) is 12.5. The van der Waals surface area contributed by atoms with E-state index in [1.54, 1.807) is 46.2 Å². The van der Waals surface area contributed by atoms with Crippen LogP contribution in [0.5, 0.6) is 0 Å². The molecule has 0 saturated carbocycles. The maximum Gasteiger partial charge on any atom is 0.208 e. The summed E-state index contributed by atoms with van der Waals surface area (Å²) in [5, 5.41) is 1.86. The summed E-state index contributed by atoms with van der Waals surface area (Å²) in [6.45, 7) is 1.31. The molecule has 0 saturated heterocycles. The Balaban J connectivity index is 1.61. The first-order chi connectivity index (χ1) is 8.79. The van der Waals surface area contributed by atoms with Crippen molar-refractivity contribution in [2.45, 2.75) is 8.42 Å². The van der Waals surface area contributed by atoms with Gasteiger partial charge in [0, 0.05) is 0 Å². The van der Waals surface area contributed by atoms with E-state index in [4.69, 9.17) is 21.7 Å². The topological polar surface area (TPSA) is 18.5 Å². The first-order valence-electron chi connectivity index (χ1n) is 4.89. The molecule has 0 amide bonds. The summed E-state index contributed by atoms with van der Waals surface area (Å²) in [7, 11) is 0. The highest BCUT2D eigenvalue weighted by Gasteiger charge is 2.33. The van der Waals surface area contributed by atoms with Gasteiger partial charge in [0.1, 0.15) is 16.4 Å². The van der Waals surface area contributed by atoms with Gasteiger partial charge in [-0.25, -0.2) is 0 Å². The van der Waals surface area contributed by atoms with Crippen molar-refractivity contribution in [1.82, 2.24) is 0 Å². The lowest BCUT2D eigenvalue weighted by Crippen LogP contribution is -2.08. The van der Waals surface area contributed by atoms with Crippen LogP contribution in [0.2, 0.25) is 0 Å². The molecule has 0 spiro atoms. The fourth-order valence-corrected chi connectivity index (χ4v) is 10.7. The summed E-state index contributed by atoms with van der Waals surface area (Å²) in [6, 6.07) is 0. The number of hydrogen-bond acceptors (Lipinski definition) is 9. The van der Waals surface area contributed by atoms with Gasteiger partial charge >= 0.3 is 0 Å². The van der Waals surface area contributed by atoms with Gasteiger partial charge in [0.05, 0.1) is 16.9 Å². The summed E-state index contributed by atoms with van der Waals surface area (Å²) in [5.41, 5.74) is 0. The zero-order chi connectivity index (χ0) is 12.1. The lowest BCUT2D eigenvalue weighted by Gasteiger charge is -2.13. The molecule has 18 heavy (non-hydrogen) atoms. The standard InChI is InChI=1S/C9H4O2S7/c12-9-17-7-8(18-9)16-6(15-7)5-13-3-4(14-5)11-2-1-10-3/h1-2H2. The molecule has 0 bridgehead atoms. The predicted molar refractivity (Wildman–Crippen MR) is 85.9 cm³/mol. The van der Waals surface area contributed by atoms with Crippen molar-refractivity contribution in [3.63, 3.8) is 0 Å². The summed E-state index contributed by atoms with van der Waals surface area (Å²) in [5.74, 6) is 0. The lowest BCUT2D eigenvalue weighted by atomic mass is 10.7. The highest BCUT2D eigenvalue weighted by atomic mass is 32.2. The maximum absolute atomic E-state index is 5.60. The molecule has 9 heteroatoms. The van der Waals surface area contributed by atoms with E-state index in [0.29, 0.717) is 13.2 Å². The van der Waals surface area contributed by atoms with E-state index in [1.165, 1.54) is 16.9 Å². The van der Waals surface area contributed by atoms with Crippen LogP contribution in [-0.2, 0) is 9.47 Å². The number of hydrogen-bond donors (Lipinski definition) is 0. The molecule has 0 aromatic carbocycles. The van der Waals surface area contributed by atoms with Crippen LogP contribution in [0, 0.1) is 3.14 Å². The van der Waals surface area contributed by atoms with E-state index in [0.717, 1.165) is 13.3 Å². The van der Waals surface area contributed by atoms with Gasteiger partial charge in [0.15, 0.2) is 0 Å². The third kappa shape index (κ3) is 2.17. The van der Waals surface area contributed by atoms with Gasteiger partial charge in [0.25, 0.3) is 0 Å². The Bertz CT molecular complexity index is 589. The van der Waals surface area contributed by atoms with Gasteiger partial charge in [-0.15, -0.1) is 22.7 Å². The highest BCUT2D eigenvalue weighted by Crippen LogP contribution is 2.63. The number of fused-ring (bicyclic) bond motifs is 1. The second-order valence-corrected chi connectivity index (χ2v) is 11.6. The zero-order valence-corrected chi connectivity index (χ0v) is 14.3. The quantitative estimate of drug-likeness (QED) is 0.554. The summed E-state index contributed by atoms with van der Waals surface area (Å²) in [4.78, 5) is 0. The Kier molecular flexibility index (Phi) is 3.43. The average Bonchev–Trinajstić information content (AvgIpc) is 2.98. The third-order valence-electron chi connectivity index (χ3n) is 2.14. The fourth-order valence-electron chi connectivity index (χ4n) is 1.45. The van der Waals surface area contributed by atoms with Crippen LogP contribution in [0.25, 0.3) is 0 Å². The second kappa shape index (κ2) is 4.94. The van der Waals surface area contributed by atoms with Crippen molar-refractivity contribution < 1.29 is 9.47 Å². The van der Waals surface area contributed by atoms with Crippen molar-refractivity contribution in [2.24, 2.45) is 0 Å². The van der Waals surface area contributed by atoms with E-state index in [2.05, 4.69) is 0 Å². The van der Waals surface area contributed by atoms with Crippen LogP contribution < -0.4 is 0 Å². The minimum absolute atomic E-state index is 0.657. The van der Waals surface area contributed by atoms with E-state index in [9.17, 15) is 0 Å². The van der Waals surface area contributed by atoms with E-state index >= 15 is 0 Å². The van der Waals surface area contributed by atoms with Crippen molar-refractivity contribution in [1.29, 1.82) is 0 Å². The molecule has 0 unspecified atom stereocenters. The van der Waals surface area contributed by atoms with Crippen LogP contribution in [0.15, 0.2) is 27.1 Å². The maximum atomic E-state index is 5.60. The molecule has 4 heterocycles. The molecule has 0 atom stereocenters. The number of rotatable bonds is 0. The third-order valence-corrected chi connectivity index (χ3v) is 10.7. The molecule has 1 aromatic heterocycles. The van der Waals surface area contributed by atoms with E-state index < -0.39 is 0 Å². The molecule has 0 N–H and O–H groups in total. The van der Waals surface area contributed by atoms with Crippen molar-refractivity contribution >= 4 is 81.9 Å². The largest absolute Gasteiger partial charge is 0.480 e. The molecular weight excluding hydrogens is 365 g/mol. The van der Waals surface area contributed by atoms with Gasteiger partial charge in [0.2, 0.25) is 10.2 Å². The molecule has 0 radical (unpaired) electrons. The van der Waals surface area contributed by atoms with Gasteiger partial charge in [-0.3, -0.25) is 0 Å². The van der Waals surface area contributed by atoms with Crippen LogP contribution >= 0.6 is 81.9 Å². The number of thioether (sulfide) groups is 4. The van der Waals surface area contributed by atoms with Crippen LogP contribution in [0.1, 0.15) is 0 Å². The average molecular weight is 369 g/mol. The highest BCUT2D eigenvalue weighted by molar-refractivity contribution is 8.33. The molecule has 94 valence electrons. The Hall–Kier alpha value is 0.750. The van der Waals surface area contributed by atoms with Gasteiger partial charge in [-0.1, -0.05) is 35.7 Å². The molecule has 0 aliphatic carbocycles. The molecule has 3 aliphatic heterocycles. The molecule has 3 aliphatic rings. The van der Waals surface area contributed by atoms with Gasteiger partial charge in [-0.2, -0.15) is 0 Å². The molecular formula is C9H4O2S7. The van der Waals surface area contributed by atoms with Crippen molar-refractivity contribution in [3.05, 3.63) is 21.8 Å². The first-order valence-corrected chi connectivity index (χ1v) is 10.2. The van der Waals surface area contributed by atoms with Gasteiger partial charge < -0.3 is 9.47 Å². The molecule has 1 aromatic rings. The van der Waals surface area contributed by atoms with Gasteiger partial charge in [-0.05, 0) is 23.5 Å². The zero-order valence-electron chi connectivity index (χ0n) is 8.59. The van der Waals surface area contributed by atoms with Crippen molar-refractivity contribution in [3.8, 4) is 0 Å². The van der Waals surface area contributed by atoms with E-state index in [-0.39, 0.29) is 0 Å². The molecule has 2 nitrogen and oxygen atoms in total.